The monoisotopic (exact) mass is 276 g/mol. The maximum absolute atomic E-state index is 5.77. The van der Waals surface area contributed by atoms with Crippen LogP contribution < -0.4 is 0 Å². The van der Waals surface area contributed by atoms with Gasteiger partial charge in [-0.05, 0) is 55.4 Å². The Labute approximate surface area is 118 Å². The molecule has 4 heteroatoms. The molecule has 0 saturated heterocycles. The summed E-state index contributed by atoms with van der Waals surface area (Å²) in [7, 11) is 0. The minimum absolute atomic E-state index is 0.113. The van der Waals surface area contributed by atoms with Crippen molar-refractivity contribution in [3.05, 3.63) is 0 Å². The van der Waals surface area contributed by atoms with Gasteiger partial charge in [0.25, 0.3) is 0 Å². The molecule has 0 heterocycles. The highest BCUT2D eigenvalue weighted by atomic mass is 16.7. The lowest BCUT2D eigenvalue weighted by Crippen LogP contribution is -2.33. The normalized spacial score (nSPS) is 12.9. The summed E-state index contributed by atoms with van der Waals surface area (Å²) in [4.78, 5) is 0. The van der Waals surface area contributed by atoms with Gasteiger partial charge in [-0.1, -0.05) is 0 Å². The van der Waals surface area contributed by atoms with Crippen LogP contribution in [0, 0.1) is 0 Å². The second-order valence-electron chi connectivity index (χ2n) is 5.83. The van der Waals surface area contributed by atoms with Crippen LogP contribution >= 0.6 is 0 Å². The second kappa shape index (κ2) is 9.70. The zero-order chi connectivity index (χ0) is 15.0. The lowest BCUT2D eigenvalue weighted by molar-refractivity contribution is -0.246. The summed E-state index contributed by atoms with van der Waals surface area (Å²) in [6.07, 6.45) is 0.423. The van der Waals surface area contributed by atoms with Gasteiger partial charge in [0.05, 0.1) is 24.4 Å². The molecule has 0 fully saturated rings. The van der Waals surface area contributed by atoms with E-state index < -0.39 is 0 Å². The van der Waals surface area contributed by atoms with Crippen molar-refractivity contribution in [3.63, 3.8) is 0 Å². The van der Waals surface area contributed by atoms with Crippen LogP contribution in [-0.4, -0.2) is 37.0 Å². The SMILES string of the molecule is CC(C)OC(CC(OC(C)C)OC(C)C)OC(C)C. The molecule has 0 aliphatic rings. The van der Waals surface area contributed by atoms with E-state index in [-0.39, 0.29) is 37.0 Å². The van der Waals surface area contributed by atoms with Crippen LogP contribution in [0.5, 0.6) is 0 Å². The summed E-state index contributed by atoms with van der Waals surface area (Å²) in [5.74, 6) is 0. The predicted molar refractivity (Wildman–Crippen MR) is 77.1 cm³/mol. The van der Waals surface area contributed by atoms with Gasteiger partial charge in [0.15, 0.2) is 12.6 Å². The molecule has 0 bridgehead atoms. The summed E-state index contributed by atoms with van der Waals surface area (Å²) in [5, 5.41) is 0. The van der Waals surface area contributed by atoms with Gasteiger partial charge in [-0.15, -0.1) is 0 Å². The first-order valence-corrected chi connectivity index (χ1v) is 7.32. The van der Waals surface area contributed by atoms with Crippen molar-refractivity contribution < 1.29 is 18.9 Å². The molecule has 19 heavy (non-hydrogen) atoms. The molecular formula is C15H32O4. The van der Waals surface area contributed by atoms with Crippen LogP contribution in [0.1, 0.15) is 61.8 Å². The van der Waals surface area contributed by atoms with Crippen LogP contribution in [-0.2, 0) is 18.9 Å². The van der Waals surface area contributed by atoms with E-state index in [1.807, 2.05) is 55.4 Å². The summed E-state index contributed by atoms with van der Waals surface area (Å²) in [6.45, 7) is 16.0. The molecule has 0 radical (unpaired) electrons. The first-order valence-electron chi connectivity index (χ1n) is 7.32. The summed E-state index contributed by atoms with van der Waals surface area (Å²) >= 11 is 0. The van der Waals surface area contributed by atoms with Crippen LogP contribution in [0.25, 0.3) is 0 Å². The summed E-state index contributed by atoms with van der Waals surface area (Å²) < 4.78 is 23.1. The molecule has 0 saturated carbocycles. The topological polar surface area (TPSA) is 36.9 Å². The highest BCUT2D eigenvalue weighted by molar-refractivity contribution is 4.58. The smallest absolute Gasteiger partial charge is 0.163 e. The number of hydrogen-bond acceptors (Lipinski definition) is 4. The van der Waals surface area contributed by atoms with Gasteiger partial charge >= 0.3 is 0 Å². The molecule has 0 rings (SSSR count). The lowest BCUT2D eigenvalue weighted by Gasteiger charge is -2.29. The Hall–Kier alpha value is -0.160. The van der Waals surface area contributed by atoms with Crippen molar-refractivity contribution >= 4 is 0 Å². The minimum Gasteiger partial charge on any atom is -0.350 e. The Morgan fingerprint density at radius 2 is 0.684 bits per heavy atom. The van der Waals surface area contributed by atoms with Crippen molar-refractivity contribution in [1.29, 1.82) is 0 Å². The predicted octanol–water partition coefficient (Wildman–Crippen LogP) is 3.73. The number of hydrogen-bond donors (Lipinski definition) is 0. The maximum atomic E-state index is 5.77. The van der Waals surface area contributed by atoms with Gasteiger partial charge in [-0.3, -0.25) is 0 Å². The third-order valence-corrected chi connectivity index (χ3v) is 2.08. The first kappa shape index (κ1) is 18.8. The average molecular weight is 276 g/mol. The van der Waals surface area contributed by atoms with Gasteiger partial charge in [0.1, 0.15) is 0 Å². The van der Waals surface area contributed by atoms with E-state index in [1.54, 1.807) is 0 Å². The number of rotatable bonds is 10. The molecule has 116 valence electrons. The van der Waals surface area contributed by atoms with E-state index in [0.717, 1.165) is 0 Å². The molecule has 0 amide bonds. The Kier molecular flexibility index (Phi) is 9.62. The molecule has 0 aliphatic carbocycles. The van der Waals surface area contributed by atoms with Gasteiger partial charge in [0, 0.05) is 6.42 Å². The highest BCUT2D eigenvalue weighted by Gasteiger charge is 2.22. The third-order valence-electron chi connectivity index (χ3n) is 2.08. The Bertz CT molecular complexity index is 172. The van der Waals surface area contributed by atoms with E-state index in [0.29, 0.717) is 6.42 Å². The summed E-state index contributed by atoms with van der Waals surface area (Å²) in [5.41, 5.74) is 0. The highest BCUT2D eigenvalue weighted by Crippen LogP contribution is 2.16. The molecule has 0 N–H and O–H groups in total. The summed E-state index contributed by atoms with van der Waals surface area (Å²) in [6, 6.07) is 0. The van der Waals surface area contributed by atoms with Crippen LogP contribution in [0.3, 0.4) is 0 Å². The van der Waals surface area contributed by atoms with Gasteiger partial charge in [0.2, 0.25) is 0 Å². The molecule has 4 nitrogen and oxygen atoms in total. The minimum atomic E-state index is -0.303. The molecule has 0 aromatic rings. The fourth-order valence-electron chi connectivity index (χ4n) is 1.66. The zero-order valence-corrected chi connectivity index (χ0v) is 13.8. The van der Waals surface area contributed by atoms with Crippen molar-refractivity contribution in [1.82, 2.24) is 0 Å². The average Bonchev–Trinajstić information content (AvgIpc) is 2.11. The molecule has 0 aromatic heterocycles. The van der Waals surface area contributed by atoms with E-state index in [2.05, 4.69) is 0 Å². The quantitative estimate of drug-likeness (QED) is 0.570. The van der Waals surface area contributed by atoms with Crippen molar-refractivity contribution in [2.45, 2.75) is 98.8 Å². The maximum Gasteiger partial charge on any atom is 0.163 e. The Balaban J connectivity index is 4.51. The van der Waals surface area contributed by atoms with Crippen molar-refractivity contribution in [3.8, 4) is 0 Å². The fraction of sp³-hybridized carbons (Fsp3) is 1.00. The van der Waals surface area contributed by atoms with E-state index in [4.69, 9.17) is 18.9 Å². The molecule has 0 spiro atoms. The number of ether oxygens (including phenoxy) is 4. The van der Waals surface area contributed by atoms with Crippen molar-refractivity contribution in [2.24, 2.45) is 0 Å². The van der Waals surface area contributed by atoms with E-state index in [1.165, 1.54) is 0 Å². The van der Waals surface area contributed by atoms with Crippen LogP contribution in [0.4, 0.5) is 0 Å². The molecule has 0 aromatic carbocycles. The van der Waals surface area contributed by atoms with Crippen LogP contribution in [0.2, 0.25) is 0 Å². The molecule has 0 atom stereocenters. The molecule has 0 unspecified atom stereocenters. The van der Waals surface area contributed by atoms with E-state index in [9.17, 15) is 0 Å². The fourth-order valence-corrected chi connectivity index (χ4v) is 1.66. The Morgan fingerprint density at radius 3 is 0.842 bits per heavy atom. The standard InChI is InChI=1S/C15H32O4/c1-10(2)16-14(17-11(3)4)9-15(18-12(5)6)19-13(7)8/h10-15H,9H2,1-8H3. The Morgan fingerprint density at radius 1 is 0.474 bits per heavy atom. The van der Waals surface area contributed by atoms with E-state index >= 15 is 0 Å². The van der Waals surface area contributed by atoms with Gasteiger partial charge in [-0.25, -0.2) is 0 Å². The second-order valence-corrected chi connectivity index (χ2v) is 5.83. The first-order chi connectivity index (χ1) is 8.70. The van der Waals surface area contributed by atoms with Gasteiger partial charge < -0.3 is 18.9 Å². The van der Waals surface area contributed by atoms with Crippen molar-refractivity contribution in [2.75, 3.05) is 0 Å². The molecular weight excluding hydrogens is 244 g/mol. The lowest BCUT2D eigenvalue weighted by atomic mass is 10.3. The molecule has 0 aliphatic heterocycles. The van der Waals surface area contributed by atoms with Gasteiger partial charge in [-0.2, -0.15) is 0 Å². The largest absolute Gasteiger partial charge is 0.350 e. The zero-order valence-electron chi connectivity index (χ0n) is 13.8. The van der Waals surface area contributed by atoms with Crippen LogP contribution in [0.15, 0.2) is 0 Å². The third kappa shape index (κ3) is 11.4.